The molecule has 0 N–H and O–H groups in total. The summed E-state index contributed by atoms with van der Waals surface area (Å²) < 4.78 is 79.3. The normalized spacial score (nSPS) is 17.7. The molecule has 0 aliphatic heterocycles. The van der Waals surface area contributed by atoms with E-state index in [9.17, 15) is 0 Å². The lowest BCUT2D eigenvalue weighted by atomic mass is 9.99. The van der Waals surface area contributed by atoms with Crippen LogP contribution in [0.2, 0.25) is 5.02 Å². The van der Waals surface area contributed by atoms with E-state index in [0.29, 0.717) is 0 Å². The minimum Gasteiger partial charge on any atom is -0.0843 e. The van der Waals surface area contributed by atoms with E-state index < -0.39 is 60.4 Å². The maximum atomic E-state index is 8.12. The van der Waals surface area contributed by atoms with Gasteiger partial charge in [0.15, 0.2) is 0 Å². The zero-order valence-electron chi connectivity index (χ0n) is 19.6. The first-order chi connectivity index (χ1) is 13.5. The highest BCUT2D eigenvalue weighted by Gasteiger charge is 2.03. The fourth-order valence-electron chi connectivity index (χ4n) is 1.67. The van der Waals surface area contributed by atoms with Gasteiger partial charge in [0.1, 0.15) is 0 Å². The van der Waals surface area contributed by atoms with Gasteiger partial charge in [0, 0.05) is 5.02 Å². The molecule has 0 bridgehead atoms. The molecule has 0 nitrogen and oxygen atoms in total. The fraction of sp³-hybridized carbons (Fsp3) is 0. The molecule has 3 aromatic carbocycles. The standard InChI is InChI=1S/C18H13Cl/c19-18-12-16(14-7-3-1-4-8-14)11-17(13-18)15-9-5-2-6-10-15/h1-13H/i1D,2D,3D,4D,5D,6D,7D,8D,9D,10D. The Bertz CT molecular complexity index is 1030. The molecular formula is C18H13Cl. The fourth-order valence-corrected chi connectivity index (χ4v) is 1.90. The van der Waals surface area contributed by atoms with Crippen molar-refractivity contribution in [3.8, 4) is 22.3 Å². The van der Waals surface area contributed by atoms with Crippen LogP contribution in [0.5, 0.6) is 0 Å². The van der Waals surface area contributed by atoms with E-state index in [0.717, 1.165) is 0 Å². The second kappa shape index (κ2) is 5.29. The highest BCUT2D eigenvalue weighted by molar-refractivity contribution is 6.31. The van der Waals surface area contributed by atoms with Crippen LogP contribution in [0.4, 0.5) is 0 Å². The lowest BCUT2D eigenvalue weighted by Gasteiger charge is -2.07. The monoisotopic (exact) mass is 274 g/mol. The van der Waals surface area contributed by atoms with Gasteiger partial charge in [-0.25, -0.2) is 0 Å². The van der Waals surface area contributed by atoms with Crippen LogP contribution in [0.1, 0.15) is 13.7 Å². The molecule has 0 spiro atoms. The van der Waals surface area contributed by atoms with Crippen LogP contribution in [-0.4, -0.2) is 0 Å². The van der Waals surface area contributed by atoms with Gasteiger partial charge in [-0.1, -0.05) is 72.0 Å². The van der Waals surface area contributed by atoms with Crippen LogP contribution in [0.25, 0.3) is 22.3 Å². The van der Waals surface area contributed by atoms with Crippen LogP contribution >= 0.6 is 11.6 Å². The van der Waals surface area contributed by atoms with Crippen LogP contribution in [0.3, 0.4) is 0 Å². The van der Waals surface area contributed by atoms with Crippen molar-refractivity contribution in [3.05, 3.63) is 83.6 Å². The Morgan fingerprint density at radius 2 is 1.00 bits per heavy atom. The summed E-state index contributed by atoms with van der Waals surface area (Å²) in [6.45, 7) is 0. The first-order valence-corrected chi connectivity index (χ1v) is 5.80. The van der Waals surface area contributed by atoms with Crippen molar-refractivity contribution in [1.82, 2.24) is 0 Å². The summed E-state index contributed by atoms with van der Waals surface area (Å²) in [4.78, 5) is 0. The number of halogens is 1. The lowest BCUT2D eigenvalue weighted by Crippen LogP contribution is -1.82. The Balaban J connectivity index is 2.37. The van der Waals surface area contributed by atoms with Crippen molar-refractivity contribution in [2.24, 2.45) is 0 Å². The first kappa shape index (κ1) is 5.15. The van der Waals surface area contributed by atoms with Gasteiger partial charge in [0.25, 0.3) is 0 Å². The van der Waals surface area contributed by atoms with Crippen LogP contribution in [-0.2, 0) is 0 Å². The molecule has 0 radical (unpaired) electrons. The molecule has 19 heavy (non-hydrogen) atoms. The molecule has 3 aromatic rings. The van der Waals surface area contributed by atoms with E-state index in [-0.39, 0.29) is 27.3 Å². The minimum atomic E-state index is -0.531. The Morgan fingerprint density at radius 1 is 0.579 bits per heavy atom. The molecule has 3 rings (SSSR count). The molecule has 1 heteroatoms. The van der Waals surface area contributed by atoms with Crippen LogP contribution in [0.15, 0.2) is 78.6 Å². The maximum Gasteiger partial charge on any atom is 0.0629 e. The van der Waals surface area contributed by atoms with Crippen molar-refractivity contribution in [2.45, 2.75) is 0 Å². The molecule has 0 saturated heterocycles. The molecular weight excluding hydrogens is 252 g/mol. The lowest BCUT2D eigenvalue weighted by molar-refractivity contribution is 1.59. The van der Waals surface area contributed by atoms with Gasteiger partial charge in [-0.15, -0.1) is 0 Å². The summed E-state index contributed by atoms with van der Waals surface area (Å²) in [6.07, 6.45) is 0. The topological polar surface area (TPSA) is 0 Å². The third-order valence-electron chi connectivity index (χ3n) is 2.48. The van der Waals surface area contributed by atoms with Gasteiger partial charge in [-0.2, -0.15) is 0 Å². The Hall–Kier alpha value is -2.05. The zero-order valence-corrected chi connectivity index (χ0v) is 10.4. The number of benzene rings is 3. The molecule has 0 fully saturated rings. The molecule has 0 amide bonds. The number of hydrogen-bond donors (Lipinski definition) is 0. The molecule has 0 aromatic heterocycles. The van der Waals surface area contributed by atoms with Crippen molar-refractivity contribution in [1.29, 1.82) is 0 Å². The predicted octanol–water partition coefficient (Wildman–Crippen LogP) is 5.67. The smallest absolute Gasteiger partial charge is 0.0629 e. The van der Waals surface area contributed by atoms with Crippen molar-refractivity contribution in [2.75, 3.05) is 0 Å². The highest BCUT2D eigenvalue weighted by atomic mass is 35.5. The van der Waals surface area contributed by atoms with Gasteiger partial charge in [-0.3, -0.25) is 0 Å². The van der Waals surface area contributed by atoms with Crippen molar-refractivity contribution < 1.29 is 13.7 Å². The molecule has 0 unspecified atom stereocenters. The zero-order chi connectivity index (χ0) is 21.8. The SMILES string of the molecule is [2H]c1c([2H])c([2H])c(-c2cc(Cl)cc(-c3c([2H])c([2H])c([2H])c([2H])c3[2H])c2)c([2H])c1[2H]. The molecule has 0 heterocycles. The average molecular weight is 275 g/mol. The van der Waals surface area contributed by atoms with E-state index in [1.165, 1.54) is 18.2 Å². The average Bonchev–Trinajstić information content (AvgIpc) is 2.67. The summed E-state index contributed by atoms with van der Waals surface area (Å²) in [6, 6.07) is -0.610. The van der Waals surface area contributed by atoms with Crippen LogP contribution in [0, 0.1) is 0 Å². The summed E-state index contributed by atoms with van der Waals surface area (Å²) in [5.74, 6) is 0. The van der Waals surface area contributed by atoms with Gasteiger partial charge in [0.05, 0.1) is 13.7 Å². The van der Waals surface area contributed by atoms with Crippen molar-refractivity contribution >= 4 is 11.6 Å². The van der Waals surface area contributed by atoms with Crippen LogP contribution < -0.4 is 0 Å². The summed E-state index contributed by atoms with van der Waals surface area (Å²) in [5, 5.41) is 0.121. The Morgan fingerprint density at radius 3 is 1.42 bits per heavy atom. The van der Waals surface area contributed by atoms with E-state index in [2.05, 4.69) is 0 Å². The van der Waals surface area contributed by atoms with Gasteiger partial charge < -0.3 is 0 Å². The van der Waals surface area contributed by atoms with E-state index in [4.69, 9.17) is 25.3 Å². The second-order valence-electron chi connectivity index (χ2n) is 3.73. The molecule has 92 valence electrons. The highest BCUT2D eigenvalue weighted by Crippen LogP contribution is 2.30. The summed E-state index contributed by atoms with van der Waals surface area (Å²) >= 11 is 6.17. The Labute approximate surface area is 132 Å². The van der Waals surface area contributed by atoms with Crippen molar-refractivity contribution in [3.63, 3.8) is 0 Å². The second-order valence-corrected chi connectivity index (χ2v) is 4.17. The first-order valence-electron chi connectivity index (χ1n) is 10.4. The molecule has 0 aliphatic rings. The molecule has 0 saturated carbocycles. The third kappa shape index (κ3) is 2.69. The summed E-state index contributed by atoms with van der Waals surface area (Å²) in [7, 11) is 0. The number of hydrogen-bond acceptors (Lipinski definition) is 0. The molecule has 0 atom stereocenters. The maximum absolute atomic E-state index is 8.12. The number of rotatable bonds is 2. The van der Waals surface area contributed by atoms with E-state index in [1.807, 2.05) is 0 Å². The van der Waals surface area contributed by atoms with Gasteiger partial charge in [0.2, 0.25) is 0 Å². The Kier molecular flexibility index (Phi) is 1.43. The predicted molar refractivity (Wildman–Crippen MR) is 82.3 cm³/mol. The van der Waals surface area contributed by atoms with Gasteiger partial charge in [-0.05, 0) is 40.5 Å². The third-order valence-corrected chi connectivity index (χ3v) is 2.69. The minimum absolute atomic E-state index is 0.0906. The molecule has 0 aliphatic carbocycles. The van der Waals surface area contributed by atoms with E-state index in [1.54, 1.807) is 0 Å². The largest absolute Gasteiger partial charge is 0.0843 e. The van der Waals surface area contributed by atoms with E-state index >= 15 is 0 Å². The summed E-state index contributed by atoms with van der Waals surface area (Å²) in [5.41, 5.74) is 0.173. The van der Waals surface area contributed by atoms with Gasteiger partial charge >= 0.3 is 0 Å². The quantitative estimate of drug-likeness (QED) is 0.564.